The molecule has 7 rings (SSSR count). The molecule has 1 aliphatic heterocycles. The van der Waals surface area contributed by atoms with Gasteiger partial charge in [0.2, 0.25) is 11.8 Å². The van der Waals surface area contributed by atoms with E-state index in [0.717, 1.165) is 45.1 Å². The largest absolute Gasteiger partial charge is 0.497 e. The van der Waals surface area contributed by atoms with Gasteiger partial charge in [0.1, 0.15) is 17.8 Å². The molecular formula is C31H26N6O3. The van der Waals surface area contributed by atoms with E-state index in [4.69, 9.17) is 34.4 Å². The molecule has 0 fully saturated rings. The van der Waals surface area contributed by atoms with Gasteiger partial charge in [-0.3, -0.25) is 0 Å². The number of benzene rings is 3. The topological polar surface area (TPSA) is 88.6 Å². The predicted octanol–water partition coefficient (Wildman–Crippen LogP) is 5.51. The van der Waals surface area contributed by atoms with E-state index in [1.165, 1.54) is 0 Å². The molecular weight excluding hydrogens is 504 g/mol. The lowest BCUT2D eigenvalue weighted by molar-refractivity contribution is 0.402. The Morgan fingerprint density at radius 2 is 1.52 bits per heavy atom. The van der Waals surface area contributed by atoms with Crippen LogP contribution in [0, 0.1) is 6.92 Å². The number of ether oxygens (including phenoxy) is 3. The van der Waals surface area contributed by atoms with Crippen molar-refractivity contribution in [2.75, 3.05) is 14.2 Å². The molecule has 0 saturated heterocycles. The van der Waals surface area contributed by atoms with Crippen LogP contribution < -0.4 is 14.2 Å². The highest BCUT2D eigenvalue weighted by Crippen LogP contribution is 2.49. The minimum absolute atomic E-state index is 0.226. The summed E-state index contributed by atoms with van der Waals surface area (Å²) >= 11 is 0. The number of nitrogens with zero attached hydrogens (tertiary/aromatic N) is 6. The minimum atomic E-state index is -0.226. The summed E-state index contributed by atoms with van der Waals surface area (Å²) < 4.78 is 20.8. The van der Waals surface area contributed by atoms with Crippen LogP contribution in [0.3, 0.4) is 0 Å². The van der Waals surface area contributed by atoms with Gasteiger partial charge in [-0.25, -0.2) is 19.2 Å². The third-order valence-electron chi connectivity index (χ3n) is 7.24. The fraction of sp³-hybridized carbons (Fsp3) is 0.161. The summed E-state index contributed by atoms with van der Waals surface area (Å²) in [7, 11) is 3.33. The zero-order valence-corrected chi connectivity index (χ0v) is 22.3. The Balaban J connectivity index is 1.39. The number of aromatic nitrogens is 6. The summed E-state index contributed by atoms with van der Waals surface area (Å²) in [6.45, 7) is 2.01. The van der Waals surface area contributed by atoms with Gasteiger partial charge in [0, 0.05) is 6.42 Å². The first-order valence-electron chi connectivity index (χ1n) is 13.0. The second kappa shape index (κ2) is 9.53. The Morgan fingerprint density at radius 3 is 2.23 bits per heavy atom. The molecule has 3 aromatic carbocycles. The molecule has 0 saturated carbocycles. The molecule has 9 nitrogen and oxygen atoms in total. The first kappa shape index (κ1) is 23.9. The lowest BCUT2D eigenvalue weighted by Gasteiger charge is -2.26. The van der Waals surface area contributed by atoms with Crippen LogP contribution in [0.2, 0.25) is 0 Å². The Kier molecular flexibility index (Phi) is 5.70. The summed E-state index contributed by atoms with van der Waals surface area (Å²) in [4.78, 5) is 9.69. The highest BCUT2D eigenvalue weighted by atomic mass is 16.5. The average molecular weight is 531 g/mol. The maximum absolute atomic E-state index is 6.51. The second-order valence-electron chi connectivity index (χ2n) is 9.64. The van der Waals surface area contributed by atoms with E-state index >= 15 is 0 Å². The van der Waals surface area contributed by atoms with Crippen LogP contribution in [0.5, 0.6) is 23.3 Å². The molecule has 0 unspecified atom stereocenters. The van der Waals surface area contributed by atoms with Crippen LogP contribution in [0.4, 0.5) is 0 Å². The summed E-state index contributed by atoms with van der Waals surface area (Å²) in [5, 5.41) is 9.66. The Labute approximate surface area is 230 Å². The van der Waals surface area contributed by atoms with Crippen molar-refractivity contribution in [2.24, 2.45) is 0 Å². The van der Waals surface area contributed by atoms with Crippen LogP contribution in [0.1, 0.15) is 39.7 Å². The number of methoxy groups -OCH3 is 2. The number of fused-ring (bicyclic) bond motifs is 4. The lowest BCUT2D eigenvalue weighted by Crippen LogP contribution is -2.16. The summed E-state index contributed by atoms with van der Waals surface area (Å²) in [5.41, 5.74) is 6.44. The maximum atomic E-state index is 6.51. The van der Waals surface area contributed by atoms with Gasteiger partial charge in [-0.1, -0.05) is 42.5 Å². The van der Waals surface area contributed by atoms with Crippen molar-refractivity contribution in [1.29, 1.82) is 0 Å². The van der Waals surface area contributed by atoms with Gasteiger partial charge >= 0.3 is 0 Å². The van der Waals surface area contributed by atoms with Crippen LogP contribution in [-0.2, 0) is 6.42 Å². The van der Waals surface area contributed by atoms with Crippen LogP contribution >= 0.6 is 0 Å². The quantitative estimate of drug-likeness (QED) is 0.280. The second-order valence-corrected chi connectivity index (χ2v) is 9.64. The Morgan fingerprint density at radius 1 is 0.825 bits per heavy atom. The van der Waals surface area contributed by atoms with Crippen molar-refractivity contribution < 1.29 is 14.2 Å². The third-order valence-corrected chi connectivity index (χ3v) is 7.24. The van der Waals surface area contributed by atoms with Crippen molar-refractivity contribution in [2.45, 2.75) is 19.3 Å². The van der Waals surface area contributed by atoms with E-state index in [2.05, 4.69) is 12.1 Å². The molecule has 0 spiro atoms. The normalized spacial score (nSPS) is 13.9. The molecule has 40 heavy (non-hydrogen) atoms. The minimum Gasteiger partial charge on any atom is -0.497 e. The number of para-hydroxylation sites is 1. The van der Waals surface area contributed by atoms with Gasteiger partial charge in [0.05, 0.1) is 42.6 Å². The maximum Gasteiger partial charge on any atom is 0.230 e. The molecule has 9 heteroatoms. The van der Waals surface area contributed by atoms with Crippen LogP contribution in [0.25, 0.3) is 11.3 Å². The van der Waals surface area contributed by atoms with E-state index in [-0.39, 0.29) is 5.92 Å². The smallest absolute Gasteiger partial charge is 0.230 e. The van der Waals surface area contributed by atoms with Gasteiger partial charge < -0.3 is 14.2 Å². The zero-order valence-electron chi connectivity index (χ0n) is 22.3. The fourth-order valence-electron chi connectivity index (χ4n) is 5.30. The molecule has 0 aliphatic carbocycles. The van der Waals surface area contributed by atoms with E-state index < -0.39 is 0 Å². The van der Waals surface area contributed by atoms with Gasteiger partial charge in [-0.2, -0.15) is 5.10 Å². The number of hydrogen-bond acceptors (Lipinski definition) is 7. The van der Waals surface area contributed by atoms with Crippen LogP contribution in [-0.4, -0.2) is 43.6 Å². The molecule has 0 radical (unpaired) electrons. The molecule has 0 bridgehead atoms. The highest BCUT2D eigenvalue weighted by Gasteiger charge is 2.38. The predicted molar refractivity (Wildman–Crippen MR) is 149 cm³/mol. The molecule has 0 N–H and O–H groups in total. The molecule has 4 heterocycles. The van der Waals surface area contributed by atoms with Crippen molar-refractivity contribution in [3.8, 4) is 28.9 Å². The lowest BCUT2D eigenvalue weighted by atomic mass is 9.84. The van der Waals surface area contributed by atoms with Gasteiger partial charge in [-0.15, -0.1) is 5.10 Å². The van der Waals surface area contributed by atoms with E-state index in [9.17, 15) is 0 Å². The summed E-state index contributed by atoms with van der Waals surface area (Å²) in [5.74, 6) is 3.20. The molecule has 3 aromatic heterocycles. The number of aryl methyl sites for hydroxylation is 1. The van der Waals surface area contributed by atoms with Crippen molar-refractivity contribution in [3.05, 3.63) is 119 Å². The first-order valence-corrected chi connectivity index (χ1v) is 13.0. The molecule has 198 valence electrons. The molecule has 1 aliphatic rings. The molecule has 6 aromatic rings. The Hall–Kier alpha value is -5.18. The van der Waals surface area contributed by atoms with Gasteiger partial charge in [0.15, 0.2) is 11.5 Å². The van der Waals surface area contributed by atoms with Crippen LogP contribution in [0.15, 0.2) is 85.2 Å². The fourth-order valence-corrected chi connectivity index (χ4v) is 5.30. The number of rotatable bonds is 6. The standard InChI is InChI=1S/C31H26N6O3/c1-19-26-27(21-11-15-24(39-3)16-12-21)28-29-33-25(17-20-9-13-23(38-2)14-10-20)35-36(29)18-32-30(28)40-31(26)37(34-19)22-7-5-4-6-8-22/h4-16,18,27H,17H2,1-3H3/t27-/m1/s1. The van der Waals surface area contributed by atoms with Crippen molar-refractivity contribution in [3.63, 3.8) is 0 Å². The third kappa shape index (κ3) is 3.94. The van der Waals surface area contributed by atoms with Gasteiger partial charge in [-0.05, 0) is 54.4 Å². The zero-order chi connectivity index (χ0) is 27.2. The van der Waals surface area contributed by atoms with Crippen molar-refractivity contribution in [1.82, 2.24) is 29.4 Å². The monoisotopic (exact) mass is 530 g/mol. The van der Waals surface area contributed by atoms with Crippen molar-refractivity contribution >= 4 is 5.65 Å². The van der Waals surface area contributed by atoms with E-state index in [0.29, 0.717) is 29.7 Å². The SMILES string of the molecule is COc1ccc(Cc2nc3c4c(ncn3n2)Oc2c(c(C)nn2-c2ccccc2)[C@H]4c2ccc(OC)cc2)cc1. The van der Waals surface area contributed by atoms with E-state index in [1.54, 1.807) is 25.1 Å². The molecule has 0 amide bonds. The first-order chi connectivity index (χ1) is 19.6. The molecule has 1 atom stereocenters. The Bertz CT molecular complexity index is 1830. The highest BCUT2D eigenvalue weighted by molar-refractivity contribution is 5.66. The summed E-state index contributed by atoms with van der Waals surface area (Å²) in [6.07, 6.45) is 2.23. The number of hydrogen-bond donors (Lipinski definition) is 0. The van der Waals surface area contributed by atoms with Gasteiger partial charge in [0.25, 0.3) is 0 Å². The van der Waals surface area contributed by atoms with E-state index in [1.807, 2.05) is 78.3 Å². The summed E-state index contributed by atoms with van der Waals surface area (Å²) in [6, 6.07) is 26.0. The average Bonchev–Trinajstić information content (AvgIpc) is 3.57.